The Morgan fingerprint density at radius 1 is 0.953 bits per heavy atom. The summed E-state index contributed by atoms with van der Waals surface area (Å²) in [5.74, 6) is 2.44. The number of rotatable bonds is 8. The summed E-state index contributed by atoms with van der Waals surface area (Å²) in [5, 5.41) is 0. The Kier molecular flexibility index (Phi) is 8.72. The molecule has 7 heteroatoms. The maximum atomic E-state index is 13.3. The highest BCUT2D eigenvalue weighted by molar-refractivity contribution is 6.06. The second-order valence-electron chi connectivity index (χ2n) is 12.6. The van der Waals surface area contributed by atoms with Crippen molar-refractivity contribution in [3.63, 3.8) is 0 Å². The van der Waals surface area contributed by atoms with Gasteiger partial charge >= 0.3 is 0 Å². The van der Waals surface area contributed by atoms with Gasteiger partial charge in [0.25, 0.3) is 0 Å². The van der Waals surface area contributed by atoms with E-state index >= 15 is 0 Å². The van der Waals surface area contributed by atoms with E-state index in [1.54, 1.807) is 13.3 Å². The maximum absolute atomic E-state index is 13.3. The number of hydrogen-bond acceptors (Lipinski definition) is 6. The number of nitrogens with zero attached hydrogens (tertiary/aromatic N) is 4. The van der Waals surface area contributed by atoms with Crippen LogP contribution in [0, 0.1) is 22.7 Å². The first-order chi connectivity index (χ1) is 20.7. The van der Waals surface area contributed by atoms with Gasteiger partial charge in [-0.15, -0.1) is 0 Å². The minimum atomic E-state index is -0.256. The molecule has 4 aromatic rings. The number of ketones is 1. The van der Waals surface area contributed by atoms with Gasteiger partial charge in [0.15, 0.2) is 23.1 Å². The molecule has 0 saturated heterocycles. The van der Waals surface area contributed by atoms with Crippen molar-refractivity contribution >= 4 is 28.7 Å². The fourth-order valence-corrected chi connectivity index (χ4v) is 5.98. The van der Waals surface area contributed by atoms with Gasteiger partial charge in [-0.1, -0.05) is 66.2 Å². The Morgan fingerprint density at radius 2 is 1.72 bits per heavy atom. The van der Waals surface area contributed by atoms with E-state index < -0.39 is 0 Å². The van der Waals surface area contributed by atoms with E-state index in [-0.39, 0.29) is 28.4 Å². The third-order valence-electron chi connectivity index (χ3n) is 9.38. The van der Waals surface area contributed by atoms with Crippen molar-refractivity contribution in [3.05, 3.63) is 66.4 Å². The van der Waals surface area contributed by atoms with E-state index in [9.17, 15) is 4.79 Å². The van der Waals surface area contributed by atoms with Gasteiger partial charge in [0, 0.05) is 47.8 Å². The van der Waals surface area contributed by atoms with Crippen molar-refractivity contribution in [2.45, 2.75) is 67.3 Å². The fraction of sp³-hybridized carbons (Fsp3) is 0.444. The number of imidazole rings is 1. The first-order valence-electron chi connectivity index (χ1n) is 15.5. The number of carbonyl (C=O) groups is 1. The van der Waals surface area contributed by atoms with Crippen molar-refractivity contribution in [2.24, 2.45) is 27.7 Å². The SMILES string of the molecule is CC.COc1cc2c(cc1OCC(C)(C)C(C)(C)Cn1c(-c3ccccn3)nc3ccccc31)N=CC1CCCC1C2=O. The molecule has 7 nitrogen and oxygen atoms in total. The van der Waals surface area contributed by atoms with Crippen LogP contribution in [0.2, 0.25) is 0 Å². The number of benzene rings is 2. The summed E-state index contributed by atoms with van der Waals surface area (Å²) in [5.41, 5.74) is 3.72. The highest BCUT2D eigenvalue weighted by Crippen LogP contribution is 2.45. The zero-order chi connectivity index (χ0) is 30.8. The molecule has 2 aliphatic rings. The maximum Gasteiger partial charge on any atom is 0.168 e. The van der Waals surface area contributed by atoms with Gasteiger partial charge in [-0.05, 0) is 48.6 Å². The average molecular weight is 581 g/mol. The second kappa shape index (κ2) is 12.3. The average Bonchev–Trinajstić information content (AvgIpc) is 3.61. The van der Waals surface area contributed by atoms with Crippen LogP contribution >= 0.6 is 0 Å². The number of pyridine rings is 1. The predicted octanol–water partition coefficient (Wildman–Crippen LogP) is 8.58. The molecule has 43 heavy (non-hydrogen) atoms. The molecule has 2 aromatic carbocycles. The highest BCUT2D eigenvalue weighted by Gasteiger charge is 2.40. The lowest BCUT2D eigenvalue weighted by Gasteiger charge is -2.42. The second-order valence-corrected chi connectivity index (χ2v) is 12.6. The van der Waals surface area contributed by atoms with Crippen LogP contribution in [-0.4, -0.2) is 40.2 Å². The molecular formula is C36H44N4O3. The summed E-state index contributed by atoms with van der Waals surface area (Å²) in [4.78, 5) is 27.6. The van der Waals surface area contributed by atoms with Crippen LogP contribution in [0.1, 0.15) is 71.2 Å². The zero-order valence-electron chi connectivity index (χ0n) is 26.6. The van der Waals surface area contributed by atoms with Crippen molar-refractivity contribution in [2.75, 3.05) is 13.7 Å². The summed E-state index contributed by atoms with van der Waals surface area (Å²) in [6, 6.07) is 17.8. The Hall–Kier alpha value is -4.00. The Morgan fingerprint density at radius 3 is 2.47 bits per heavy atom. The molecule has 1 fully saturated rings. The molecule has 0 bridgehead atoms. The summed E-state index contributed by atoms with van der Waals surface area (Å²) in [7, 11) is 1.62. The highest BCUT2D eigenvalue weighted by atomic mass is 16.5. The molecule has 0 spiro atoms. The number of fused-ring (bicyclic) bond motifs is 3. The third kappa shape index (κ3) is 5.82. The Labute approximate surface area is 255 Å². The number of methoxy groups -OCH3 is 1. The quantitative estimate of drug-likeness (QED) is 0.209. The molecule has 226 valence electrons. The number of hydrogen-bond donors (Lipinski definition) is 0. The van der Waals surface area contributed by atoms with Gasteiger partial charge in [-0.2, -0.15) is 0 Å². The molecular weight excluding hydrogens is 536 g/mol. The summed E-state index contributed by atoms with van der Waals surface area (Å²) in [6.45, 7) is 14.2. The monoisotopic (exact) mass is 580 g/mol. The summed E-state index contributed by atoms with van der Waals surface area (Å²) < 4.78 is 14.5. The molecule has 2 aromatic heterocycles. The van der Waals surface area contributed by atoms with Gasteiger partial charge in [0.05, 0.1) is 30.4 Å². The number of Topliss-reactive ketones (excluding diaryl/α,β-unsaturated/α-hetero) is 1. The van der Waals surface area contributed by atoms with Gasteiger partial charge in [-0.25, -0.2) is 4.98 Å². The van der Waals surface area contributed by atoms with Crippen molar-refractivity contribution < 1.29 is 14.3 Å². The number of aromatic nitrogens is 3. The topological polar surface area (TPSA) is 78.6 Å². The number of carbonyl (C=O) groups excluding carboxylic acids is 1. The molecule has 2 unspecified atom stereocenters. The van der Waals surface area contributed by atoms with Crippen molar-refractivity contribution in [1.82, 2.24) is 14.5 Å². The number of ether oxygens (including phenoxy) is 2. The predicted molar refractivity (Wildman–Crippen MR) is 174 cm³/mol. The number of aliphatic imine (C=N–C) groups is 1. The standard InChI is InChI=1S/C34H38N4O3.C2H6/c1-33(2,20-38-28-15-7-6-13-25(28)37-32(38)26-14-8-9-16-35-26)34(3,4)21-41-30-18-27-24(17-29(30)40-5)31(39)23-12-10-11-22(23)19-36-27;1-2/h6-9,13-19,22-23H,10-12,20-21H2,1-5H3;1-2H3. The van der Waals surface area contributed by atoms with E-state index in [1.165, 1.54) is 0 Å². The lowest BCUT2D eigenvalue weighted by Crippen LogP contribution is -2.41. The third-order valence-corrected chi connectivity index (χ3v) is 9.38. The molecule has 1 saturated carbocycles. The van der Waals surface area contributed by atoms with Gasteiger partial charge in [-0.3, -0.25) is 14.8 Å². The minimum Gasteiger partial charge on any atom is -0.493 e. The molecule has 1 aliphatic carbocycles. The van der Waals surface area contributed by atoms with Gasteiger partial charge in [0.2, 0.25) is 0 Å². The van der Waals surface area contributed by atoms with E-state index in [2.05, 4.69) is 49.4 Å². The van der Waals surface area contributed by atoms with Crippen LogP contribution in [0.15, 0.2) is 65.8 Å². The first-order valence-corrected chi connectivity index (χ1v) is 15.5. The number of para-hydroxylation sites is 2. The van der Waals surface area contributed by atoms with Gasteiger partial charge in [0.1, 0.15) is 5.69 Å². The van der Waals surface area contributed by atoms with Crippen LogP contribution in [0.25, 0.3) is 22.6 Å². The zero-order valence-corrected chi connectivity index (χ0v) is 26.6. The first kappa shape index (κ1) is 30.5. The Balaban J connectivity index is 0.00000180. The fourth-order valence-electron chi connectivity index (χ4n) is 5.98. The smallest absolute Gasteiger partial charge is 0.168 e. The largest absolute Gasteiger partial charge is 0.493 e. The van der Waals surface area contributed by atoms with Crippen LogP contribution in [0.5, 0.6) is 11.5 Å². The molecule has 0 N–H and O–H groups in total. The van der Waals surface area contributed by atoms with Crippen molar-refractivity contribution in [1.29, 1.82) is 0 Å². The van der Waals surface area contributed by atoms with Crippen LogP contribution in [-0.2, 0) is 6.54 Å². The van der Waals surface area contributed by atoms with E-state index in [0.717, 1.165) is 48.4 Å². The molecule has 2 atom stereocenters. The minimum absolute atomic E-state index is 0.0199. The summed E-state index contributed by atoms with van der Waals surface area (Å²) in [6.07, 6.45) is 6.79. The van der Waals surface area contributed by atoms with E-state index in [0.29, 0.717) is 29.4 Å². The molecule has 3 heterocycles. The van der Waals surface area contributed by atoms with Crippen LogP contribution in [0.3, 0.4) is 0 Å². The van der Waals surface area contributed by atoms with E-state index in [1.807, 2.05) is 62.5 Å². The van der Waals surface area contributed by atoms with Crippen LogP contribution in [0.4, 0.5) is 5.69 Å². The molecule has 0 amide bonds. The lowest BCUT2D eigenvalue weighted by molar-refractivity contribution is 0.0345. The molecule has 6 rings (SSSR count). The lowest BCUT2D eigenvalue weighted by atomic mass is 9.68. The van der Waals surface area contributed by atoms with E-state index in [4.69, 9.17) is 19.5 Å². The van der Waals surface area contributed by atoms with Crippen molar-refractivity contribution in [3.8, 4) is 23.0 Å². The normalized spacial score (nSPS) is 18.0. The summed E-state index contributed by atoms with van der Waals surface area (Å²) >= 11 is 0. The van der Waals surface area contributed by atoms with Crippen LogP contribution < -0.4 is 9.47 Å². The Bertz CT molecular complexity index is 1620. The molecule has 0 radical (unpaired) electrons. The van der Waals surface area contributed by atoms with Gasteiger partial charge < -0.3 is 14.0 Å². The molecule has 1 aliphatic heterocycles.